The molecule has 0 unspecified atom stereocenters. The average molecular weight is 452 g/mol. The lowest BCUT2D eigenvalue weighted by molar-refractivity contribution is -0.134. The molecule has 3 rings (SSSR count). The second-order valence-electron chi connectivity index (χ2n) is 6.63. The molecule has 1 fully saturated rings. The smallest absolute Gasteiger partial charge is 0.338 e. The molecule has 160 valence electrons. The van der Waals surface area contributed by atoms with Crippen LogP contribution in [0.15, 0.2) is 53.4 Å². The van der Waals surface area contributed by atoms with Crippen LogP contribution in [0.1, 0.15) is 10.4 Å². The standard InChI is InChI=1S/C20H22ClN3O5S/c1-22-30(27,28)18-13-15(7-8-17(18)21)20(26)29-14-19(25)24-11-9-23(10-12-24)16-5-3-2-4-6-16/h2-8,13,22H,9-12,14H2,1H3. The van der Waals surface area contributed by atoms with Crippen LogP contribution in [0, 0.1) is 0 Å². The largest absolute Gasteiger partial charge is 0.452 e. The predicted molar refractivity (Wildman–Crippen MR) is 113 cm³/mol. The number of para-hydroxylation sites is 1. The van der Waals surface area contributed by atoms with E-state index in [0.29, 0.717) is 26.2 Å². The molecule has 0 aromatic heterocycles. The third kappa shape index (κ3) is 5.10. The summed E-state index contributed by atoms with van der Waals surface area (Å²) in [4.78, 5) is 28.3. The highest BCUT2D eigenvalue weighted by Gasteiger charge is 2.23. The fourth-order valence-electron chi connectivity index (χ4n) is 3.10. The van der Waals surface area contributed by atoms with Gasteiger partial charge in [0.15, 0.2) is 6.61 Å². The van der Waals surface area contributed by atoms with Crippen LogP contribution in [-0.4, -0.2) is 65.0 Å². The van der Waals surface area contributed by atoms with Gasteiger partial charge < -0.3 is 14.5 Å². The van der Waals surface area contributed by atoms with Crippen LogP contribution in [0.3, 0.4) is 0 Å². The summed E-state index contributed by atoms with van der Waals surface area (Å²) in [5.74, 6) is -1.09. The van der Waals surface area contributed by atoms with Gasteiger partial charge in [0.2, 0.25) is 10.0 Å². The van der Waals surface area contributed by atoms with E-state index >= 15 is 0 Å². The zero-order valence-corrected chi connectivity index (χ0v) is 17.9. The first-order chi connectivity index (χ1) is 14.3. The lowest BCUT2D eigenvalue weighted by atomic mass is 10.2. The zero-order chi connectivity index (χ0) is 21.7. The molecule has 1 aliphatic rings. The molecule has 1 N–H and O–H groups in total. The Morgan fingerprint density at radius 2 is 1.73 bits per heavy atom. The van der Waals surface area contributed by atoms with Crippen molar-refractivity contribution in [3.05, 3.63) is 59.1 Å². The number of rotatable bonds is 6. The summed E-state index contributed by atoms with van der Waals surface area (Å²) in [5, 5.41) is -0.0201. The van der Waals surface area contributed by atoms with Crippen LogP contribution in [0.2, 0.25) is 5.02 Å². The van der Waals surface area contributed by atoms with E-state index in [1.165, 1.54) is 19.2 Å². The number of ether oxygens (including phenoxy) is 1. The number of benzene rings is 2. The number of halogens is 1. The Kier molecular flexibility index (Phi) is 6.96. The second kappa shape index (κ2) is 9.46. The van der Waals surface area contributed by atoms with E-state index in [0.717, 1.165) is 11.8 Å². The van der Waals surface area contributed by atoms with Crippen LogP contribution in [0.25, 0.3) is 0 Å². The lowest BCUT2D eigenvalue weighted by Crippen LogP contribution is -2.49. The van der Waals surface area contributed by atoms with E-state index in [4.69, 9.17) is 16.3 Å². The summed E-state index contributed by atoms with van der Waals surface area (Å²) in [6.07, 6.45) is 0. The second-order valence-corrected chi connectivity index (χ2v) is 8.89. The summed E-state index contributed by atoms with van der Waals surface area (Å²) in [6, 6.07) is 13.7. The van der Waals surface area contributed by atoms with Crippen molar-refractivity contribution in [3.63, 3.8) is 0 Å². The van der Waals surface area contributed by atoms with E-state index in [2.05, 4.69) is 9.62 Å². The molecule has 1 heterocycles. The predicted octanol–water partition coefficient (Wildman–Crippen LogP) is 1.75. The van der Waals surface area contributed by atoms with Gasteiger partial charge in [-0.15, -0.1) is 0 Å². The molecule has 0 atom stereocenters. The number of esters is 1. The minimum absolute atomic E-state index is 0.00470. The Hall–Kier alpha value is -2.62. The third-order valence-electron chi connectivity index (χ3n) is 4.81. The van der Waals surface area contributed by atoms with E-state index in [1.807, 2.05) is 30.3 Å². The molecule has 8 nitrogen and oxygen atoms in total. The highest BCUT2D eigenvalue weighted by Crippen LogP contribution is 2.23. The SMILES string of the molecule is CNS(=O)(=O)c1cc(C(=O)OCC(=O)N2CCN(c3ccccc3)CC2)ccc1Cl. The minimum atomic E-state index is -3.83. The summed E-state index contributed by atoms with van der Waals surface area (Å²) in [5.41, 5.74) is 1.10. The first-order valence-electron chi connectivity index (χ1n) is 9.30. The molecular formula is C20H22ClN3O5S. The van der Waals surface area contributed by atoms with Crippen LogP contribution in [-0.2, 0) is 19.6 Å². The number of sulfonamides is 1. The van der Waals surface area contributed by atoms with Gasteiger partial charge in [-0.25, -0.2) is 17.9 Å². The molecule has 0 saturated carbocycles. The molecule has 0 aliphatic carbocycles. The Bertz CT molecular complexity index is 1020. The minimum Gasteiger partial charge on any atom is -0.452 e. The van der Waals surface area contributed by atoms with Crippen molar-refractivity contribution in [2.45, 2.75) is 4.90 Å². The molecular weight excluding hydrogens is 430 g/mol. The van der Waals surface area contributed by atoms with Gasteiger partial charge in [0.05, 0.1) is 10.6 Å². The quantitative estimate of drug-likeness (QED) is 0.672. The number of carbonyl (C=O) groups is 2. The first-order valence-corrected chi connectivity index (χ1v) is 11.2. The molecule has 2 aromatic carbocycles. The van der Waals surface area contributed by atoms with Crippen molar-refractivity contribution < 1.29 is 22.7 Å². The topological polar surface area (TPSA) is 96.0 Å². The first kappa shape index (κ1) is 22.1. The number of hydrogen-bond donors (Lipinski definition) is 1. The van der Waals surface area contributed by atoms with Gasteiger partial charge in [-0.3, -0.25) is 4.79 Å². The van der Waals surface area contributed by atoms with E-state index < -0.39 is 22.6 Å². The van der Waals surface area contributed by atoms with Crippen LogP contribution in [0.5, 0.6) is 0 Å². The van der Waals surface area contributed by atoms with Crippen molar-refractivity contribution in [3.8, 4) is 0 Å². The van der Waals surface area contributed by atoms with Gasteiger partial charge in [-0.2, -0.15) is 0 Å². The van der Waals surface area contributed by atoms with E-state index in [1.54, 1.807) is 4.90 Å². The third-order valence-corrected chi connectivity index (χ3v) is 6.70. The number of carbonyl (C=O) groups excluding carboxylic acids is 2. The maximum absolute atomic E-state index is 12.4. The van der Waals surface area contributed by atoms with Crippen LogP contribution in [0.4, 0.5) is 5.69 Å². The summed E-state index contributed by atoms with van der Waals surface area (Å²) in [6.45, 7) is 2.01. The van der Waals surface area contributed by atoms with Crippen molar-refractivity contribution in [2.75, 3.05) is 44.7 Å². The lowest BCUT2D eigenvalue weighted by Gasteiger charge is -2.36. The molecule has 0 bridgehead atoms. The molecule has 1 amide bonds. The summed E-state index contributed by atoms with van der Waals surface area (Å²) in [7, 11) is -2.59. The molecule has 2 aromatic rings. The number of nitrogens with zero attached hydrogens (tertiary/aromatic N) is 2. The Balaban J connectivity index is 1.55. The fraction of sp³-hybridized carbons (Fsp3) is 0.300. The van der Waals surface area contributed by atoms with E-state index in [9.17, 15) is 18.0 Å². The normalized spacial score (nSPS) is 14.5. The highest BCUT2D eigenvalue weighted by molar-refractivity contribution is 7.89. The molecule has 1 saturated heterocycles. The molecule has 30 heavy (non-hydrogen) atoms. The van der Waals surface area contributed by atoms with E-state index in [-0.39, 0.29) is 21.4 Å². The van der Waals surface area contributed by atoms with Crippen LogP contribution >= 0.6 is 11.6 Å². The molecule has 0 radical (unpaired) electrons. The zero-order valence-electron chi connectivity index (χ0n) is 16.4. The monoisotopic (exact) mass is 451 g/mol. The van der Waals surface area contributed by atoms with Gasteiger partial charge in [-0.1, -0.05) is 29.8 Å². The van der Waals surface area contributed by atoms with Gasteiger partial charge in [0, 0.05) is 31.9 Å². The average Bonchev–Trinajstić information content (AvgIpc) is 2.78. The van der Waals surface area contributed by atoms with Crippen molar-refractivity contribution in [2.24, 2.45) is 0 Å². The van der Waals surface area contributed by atoms with Gasteiger partial charge in [-0.05, 0) is 37.4 Å². The number of amides is 1. The summed E-state index contributed by atoms with van der Waals surface area (Å²) < 4.78 is 31.2. The van der Waals surface area contributed by atoms with Crippen molar-refractivity contribution in [1.29, 1.82) is 0 Å². The number of nitrogens with one attached hydrogen (secondary N) is 1. The number of piperazine rings is 1. The number of anilines is 1. The maximum Gasteiger partial charge on any atom is 0.338 e. The van der Waals surface area contributed by atoms with Gasteiger partial charge >= 0.3 is 5.97 Å². The Morgan fingerprint density at radius 1 is 1.07 bits per heavy atom. The Labute approximate surface area is 180 Å². The fourth-order valence-corrected chi connectivity index (χ4v) is 4.35. The highest BCUT2D eigenvalue weighted by atomic mass is 35.5. The van der Waals surface area contributed by atoms with Gasteiger partial charge in [0.1, 0.15) is 4.90 Å². The van der Waals surface area contributed by atoms with Gasteiger partial charge in [0.25, 0.3) is 5.91 Å². The molecule has 1 aliphatic heterocycles. The molecule has 10 heteroatoms. The van der Waals surface area contributed by atoms with Crippen LogP contribution < -0.4 is 9.62 Å². The maximum atomic E-state index is 12.4. The summed E-state index contributed by atoms with van der Waals surface area (Å²) >= 11 is 5.91. The Morgan fingerprint density at radius 3 is 2.37 bits per heavy atom. The van der Waals surface area contributed by atoms with Crippen molar-refractivity contribution >= 4 is 39.2 Å². The van der Waals surface area contributed by atoms with Crippen molar-refractivity contribution in [1.82, 2.24) is 9.62 Å². The molecule has 0 spiro atoms. The number of hydrogen-bond acceptors (Lipinski definition) is 6.